The Hall–Kier alpha value is 0.968. The Bertz CT molecular complexity index is 488. The first-order valence-electron chi connectivity index (χ1n) is 8.45. The van der Waals surface area contributed by atoms with Crippen molar-refractivity contribution in [1.82, 2.24) is 0 Å². The molecule has 0 heterocycles. The zero-order valence-electron chi connectivity index (χ0n) is 15.5. The maximum atomic E-state index is 7.56. The van der Waals surface area contributed by atoms with Crippen LogP contribution in [-0.4, -0.2) is 29.4 Å². The van der Waals surface area contributed by atoms with Gasteiger partial charge >= 0.3 is 13.4 Å². The van der Waals surface area contributed by atoms with E-state index in [1.807, 2.05) is 12.1 Å². The molecule has 0 aliphatic rings. The average Bonchev–Trinajstić information content (AvgIpc) is 2.48. The second-order valence-electron chi connectivity index (χ2n) is 5.64. The Balaban J connectivity index is -0.000000436. The van der Waals surface area contributed by atoms with Gasteiger partial charge in [0, 0.05) is 21.1 Å². The maximum absolute atomic E-state index is 7.56. The van der Waals surface area contributed by atoms with Gasteiger partial charge in [0.15, 0.2) is 0 Å². The minimum Gasteiger partial charge on any atom is -0.325 e. The number of hydrogen-bond acceptors (Lipinski definition) is 2. The molecule has 0 bridgehead atoms. The van der Waals surface area contributed by atoms with E-state index in [4.69, 9.17) is 29.4 Å². The van der Waals surface area contributed by atoms with Gasteiger partial charge in [-0.25, -0.2) is 0 Å². The van der Waals surface area contributed by atoms with Crippen molar-refractivity contribution in [2.24, 2.45) is 0 Å². The van der Waals surface area contributed by atoms with Crippen LogP contribution in [0.15, 0.2) is 24.3 Å². The van der Waals surface area contributed by atoms with Crippen LogP contribution in [0.1, 0.15) is 63.9 Å². The number of rotatable bonds is 9. The van der Waals surface area contributed by atoms with Crippen molar-refractivity contribution >= 4 is 37.1 Å². The average molecular weight is 541 g/mol. The third-order valence-electron chi connectivity index (χ3n) is 3.07. The first-order valence-corrected chi connectivity index (χ1v) is 13.8. The maximum Gasteiger partial charge on any atom is 0.319 e. The molecule has 27 heavy (non-hydrogen) atoms. The van der Waals surface area contributed by atoms with E-state index < -0.39 is 13.4 Å². The van der Waals surface area contributed by atoms with Gasteiger partial charge in [-0.3, -0.25) is 0 Å². The molecule has 6 N–H and O–H groups in total. The minimum atomic E-state index is -3.81. The summed E-state index contributed by atoms with van der Waals surface area (Å²) >= 11 is 7.21. The molecular formula is C16H31MoO6P2S2-. The number of unbranched alkanes of at least 4 members (excludes halogenated alkanes) is 7. The normalized spacial score (nSPS) is 10.6. The molecule has 1 aromatic rings. The van der Waals surface area contributed by atoms with Crippen molar-refractivity contribution in [1.29, 1.82) is 0 Å². The monoisotopic (exact) mass is 543 g/mol. The van der Waals surface area contributed by atoms with Crippen LogP contribution in [0.4, 0.5) is 0 Å². The summed E-state index contributed by atoms with van der Waals surface area (Å²) in [6.45, 7) is -5.34. The summed E-state index contributed by atoms with van der Waals surface area (Å²) in [5.74, 6) is 0. The molecule has 0 spiro atoms. The van der Waals surface area contributed by atoms with E-state index in [0.29, 0.717) is 0 Å². The molecule has 0 fully saturated rings. The molecule has 6 nitrogen and oxygen atoms in total. The van der Waals surface area contributed by atoms with E-state index in [-0.39, 0.29) is 21.1 Å². The molecule has 0 aliphatic carbocycles. The zero-order valence-corrected chi connectivity index (χ0v) is 20.9. The summed E-state index contributed by atoms with van der Waals surface area (Å²) in [5, 5.41) is 0. The van der Waals surface area contributed by atoms with Gasteiger partial charge in [-0.05, 0) is 23.6 Å². The Morgan fingerprint density at radius 2 is 1.19 bits per heavy atom. The van der Waals surface area contributed by atoms with E-state index in [9.17, 15) is 0 Å². The molecular weight excluding hydrogens is 510 g/mol. The van der Waals surface area contributed by atoms with Crippen molar-refractivity contribution in [2.75, 3.05) is 0 Å². The van der Waals surface area contributed by atoms with Crippen molar-refractivity contribution in [2.45, 2.75) is 64.7 Å². The van der Waals surface area contributed by atoms with Gasteiger partial charge in [0.2, 0.25) is 0 Å². The second kappa shape index (κ2) is 20.2. The van der Waals surface area contributed by atoms with Gasteiger partial charge in [0.1, 0.15) is 0 Å². The summed E-state index contributed by atoms with van der Waals surface area (Å²) in [7, 11) is 0. The van der Waals surface area contributed by atoms with E-state index in [2.05, 4.69) is 48.7 Å². The summed E-state index contributed by atoms with van der Waals surface area (Å²) < 4.78 is 0. The van der Waals surface area contributed by atoms with Gasteiger partial charge in [-0.1, -0.05) is 64.7 Å². The van der Waals surface area contributed by atoms with Crippen molar-refractivity contribution in [3.05, 3.63) is 35.9 Å². The van der Waals surface area contributed by atoms with Crippen molar-refractivity contribution in [3.63, 3.8) is 0 Å². The molecule has 1 rings (SSSR count). The number of aryl methyl sites for hydroxylation is 1. The first kappa shape index (κ1) is 32.6. The molecule has 0 radical (unpaired) electrons. The summed E-state index contributed by atoms with van der Waals surface area (Å²) in [5.41, 5.74) is 1.37. The van der Waals surface area contributed by atoms with Crippen LogP contribution in [-0.2, 0) is 51.1 Å². The fourth-order valence-corrected chi connectivity index (χ4v) is 2.04. The minimum absolute atomic E-state index is 0. The van der Waals surface area contributed by atoms with E-state index in [1.54, 1.807) is 0 Å². The fourth-order valence-electron chi connectivity index (χ4n) is 2.04. The molecule has 0 aromatic heterocycles. The fraction of sp³-hybridized carbons (Fsp3) is 0.625. The van der Waals surface area contributed by atoms with Crippen LogP contribution in [0.3, 0.4) is 0 Å². The van der Waals surface area contributed by atoms with Crippen molar-refractivity contribution in [3.8, 4) is 0 Å². The molecule has 0 aliphatic heterocycles. The Morgan fingerprint density at radius 1 is 0.778 bits per heavy atom. The third kappa shape index (κ3) is 46.7. The van der Waals surface area contributed by atoms with Crippen LogP contribution in [0.25, 0.3) is 0 Å². The van der Waals surface area contributed by atoms with Crippen LogP contribution >= 0.6 is 13.4 Å². The van der Waals surface area contributed by atoms with E-state index in [1.165, 1.54) is 63.4 Å². The topological polar surface area (TPSA) is 121 Å². The van der Waals surface area contributed by atoms with Crippen LogP contribution in [0.2, 0.25) is 0 Å². The quantitative estimate of drug-likeness (QED) is 0.122. The predicted molar refractivity (Wildman–Crippen MR) is 113 cm³/mol. The molecule has 0 amide bonds. The summed E-state index contributed by atoms with van der Waals surface area (Å²) in [6, 6.07) is 11.6. The molecule has 0 atom stereocenters. The number of benzene rings is 1. The molecule has 0 unspecified atom stereocenters. The Kier molecular flexibility index (Phi) is 24.5. The summed E-state index contributed by atoms with van der Waals surface area (Å²) in [4.78, 5) is 45.3. The molecule has 0 saturated carbocycles. The third-order valence-corrected chi connectivity index (χ3v) is 3.07. The molecule has 160 valence electrons. The Labute approximate surface area is 187 Å². The second-order valence-corrected chi connectivity index (χ2v) is 10.6. The zero-order chi connectivity index (χ0) is 20.5. The molecule has 0 saturated heterocycles. The Morgan fingerprint density at radius 3 is 1.56 bits per heavy atom. The van der Waals surface area contributed by atoms with Gasteiger partial charge in [0.05, 0.1) is 0 Å². The van der Waals surface area contributed by atoms with E-state index in [0.717, 1.165) is 0 Å². The molecule has 11 heteroatoms. The van der Waals surface area contributed by atoms with Gasteiger partial charge in [-0.2, -0.15) is 35.9 Å². The van der Waals surface area contributed by atoms with Crippen molar-refractivity contribution < 1.29 is 50.4 Å². The predicted octanol–water partition coefficient (Wildman–Crippen LogP) is 3.54. The smallest absolute Gasteiger partial charge is 0.319 e. The standard InChI is InChI=1S/C16H25.Mo.2H3O3PS/c1-2-3-4-5-6-7-8-10-13-16-14-11-9-12-15-16;;2*1-4(2,3)5/h9,11-12,14H,2-8,10,13H2,1H3;;2*(H3,1,2,3,5)/q-1;;;. The summed E-state index contributed by atoms with van der Waals surface area (Å²) in [6.07, 6.45) is 12.4. The van der Waals surface area contributed by atoms with Crippen LogP contribution < -0.4 is 0 Å². The van der Waals surface area contributed by atoms with Crippen LogP contribution in [0, 0.1) is 6.07 Å². The SMILES string of the molecule is CCCCCCCCCCc1[c-]cccc1.OP(O)(O)=S.OP(O)(O)=S.[Mo]. The largest absolute Gasteiger partial charge is 0.325 e. The molecule has 1 aromatic carbocycles. The van der Waals surface area contributed by atoms with Gasteiger partial charge in [-0.15, -0.1) is 0 Å². The van der Waals surface area contributed by atoms with Crippen LogP contribution in [0.5, 0.6) is 0 Å². The van der Waals surface area contributed by atoms with E-state index >= 15 is 0 Å². The first-order chi connectivity index (χ1) is 11.9. The van der Waals surface area contributed by atoms with Gasteiger partial charge < -0.3 is 29.4 Å². The number of hydrogen-bond donors (Lipinski definition) is 6. The van der Waals surface area contributed by atoms with Gasteiger partial charge in [0.25, 0.3) is 0 Å².